The van der Waals surface area contributed by atoms with Crippen LogP contribution in [0.15, 0.2) is 100 Å². The predicted octanol–water partition coefficient (Wildman–Crippen LogP) is 3.70. The van der Waals surface area contributed by atoms with Crippen LogP contribution in [0.1, 0.15) is 11.1 Å². The molecule has 2 unspecified atom stereocenters. The van der Waals surface area contributed by atoms with E-state index >= 15 is 0 Å². The third-order valence-corrected chi connectivity index (χ3v) is 8.49. The van der Waals surface area contributed by atoms with E-state index in [1.807, 2.05) is 0 Å². The third-order valence-electron chi connectivity index (χ3n) is 8.49. The zero-order chi connectivity index (χ0) is 40.1. The molecule has 0 bridgehead atoms. The van der Waals surface area contributed by atoms with Gasteiger partial charge in [0.05, 0.1) is 7.11 Å². The van der Waals surface area contributed by atoms with E-state index in [1.165, 1.54) is 73.9 Å². The number of methoxy groups -OCH3 is 1. The van der Waals surface area contributed by atoms with Crippen molar-refractivity contribution in [3.63, 3.8) is 0 Å². The van der Waals surface area contributed by atoms with Gasteiger partial charge < -0.3 is 63.8 Å². The molecule has 1 saturated heterocycles. The Balaban J connectivity index is 1.34. The molecule has 16 heteroatoms. The van der Waals surface area contributed by atoms with E-state index in [2.05, 4.69) is 0 Å². The summed E-state index contributed by atoms with van der Waals surface area (Å²) < 4.78 is 33.7. The first kappa shape index (κ1) is 38.7. The van der Waals surface area contributed by atoms with E-state index in [4.69, 9.17) is 28.1 Å². The highest BCUT2D eigenvalue weighted by atomic mass is 16.7. The molecule has 4 aromatic carbocycles. The van der Waals surface area contributed by atoms with Gasteiger partial charge in [0.2, 0.25) is 17.5 Å². The van der Waals surface area contributed by atoms with Crippen molar-refractivity contribution in [2.45, 2.75) is 30.7 Å². The van der Waals surface area contributed by atoms with Crippen LogP contribution >= 0.6 is 0 Å². The number of benzene rings is 4. The number of ether oxygens (including phenoxy) is 5. The van der Waals surface area contributed by atoms with Crippen molar-refractivity contribution in [3.05, 3.63) is 112 Å². The Hall–Kier alpha value is -7.01. The van der Waals surface area contributed by atoms with Gasteiger partial charge in [0.15, 0.2) is 29.5 Å². The minimum atomic E-state index is -2.02. The van der Waals surface area contributed by atoms with E-state index < -0.39 is 77.3 Å². The third kappa shape index (κ3) is 8.68. The highest BCUT2D eigenvalue weighted by Gasteiger charge is 2.49. The maximum absolute atomic E-state index is 14.0. The van der Waals surface area contributed by atoms with Gasteiger partial charge in [0.25, 0.3) is 0 Å². The maximum atomic E-state index is 14.0. The Labute approximate surface area is 316 Å². The highest BCUT2D eigenvalue weighted by Crippen LogP contribution is 2.40. The highest BCUT2D eigenvalue weighted by molar-refractivity contribution is 5.89. The van der Waals surface area contributed by atoms with Crippen molar-refractivity contribution in [2.24, 2.45) is 0 Å². The summed E-state index contributed by atoms with van der Waals surface area (Å²) in [5.41, 5.74) is -0.164. The lowest BCUT2D eigenvalue weighted by atomic mass is 9.98. The Morgan fingerprint density at radius 2 is 1.38 bits per heavy atom. The van der Waals surface area contributed by atoms with Crippen LogP contribution in [-0.4, -0.2) is 92.1 Å². The van der Waals surface area contributed by atoms with Gasteiger partial charge >= 0.3 is 11.9 Å². The van der Waals surface area contributed by atoms with Crippen molar-refractivity contribution >= 4 is 35.1 Å². The molecule has 1 fully saturated rings. The summed E-state index contributed by atoms with van der Waals surface area (Å²) in [6.45, 7) is -0.682. The number of carbonyl (C=O) groups is 2. The van der Waals surface area contributed by atoms with E-state index in [1.54, 1.807) is 12.1 Å². The summed E-state index contributed by atoms with van der Waals surface area (Å²) in [7, 11) is 1.28. The number of hydrogen-bond donors (Lipinski definition) is 7. The maximum Gasteiger partial charge on any atom is 0.331 e. The molecule has 0 radical (unpaired) electrons. The van der Waals surface area contributed by atoms with Crippen molar-refractivity contribution < 1.29 is 73.4 Å². The van der Waals surface area contributed by atoms with Gasteiger partial charge in [-0.25, -0.2) is 9.59 Å². The number of aromatic hydroxyl groups is 5. The number of aliphatic hydroxyl groups is 2. The van der Waals surface area contributed by atoms with E-state index in [0.717, 1.165) is 24.3 Å². The van der Waals surface area contributed by atoms with E-state index in [0.29, 0.717) is 11.1 Å². The minimum absolute atomic E-state index is 0.00618. The topological polar surface area (TPSA) is 252 Å². The standard InChI is InChI=1S/C40H34O16/c1-51-28-16-22(8-13-26(28)44)37-39(35(49)33-27(45)17-25(43)18-29(33)53-37)56-40-36(50)38(55-32(47)15-7-21-4-11-24(42)12-5-21)34(48)30(54-40)19-52-31(46)14-6-20-2-9-23(41)10-3-20/h2-18,30,34,36,38,40-45,48,50H,19H2,1H3/b14-6+,15-7+/t30-,34-,36?,38?,40+/m1/s1. The lowest BCUT2D eigenvalue weighted by molar-refractivity contribution is -0.281. The van der Waals surface area contributed by atoms with Crippen molar-refractivity contribution in [1.82, 2.24) is 0 Å². The normalized spacial score (nSPS) is 19.6. The summed E-state index contributed by atoms with van der Waals surface area (Å²) in [5, 5.41) is 72.3. The van der Waals surface area contributed by atoms with Crippen LogP contribution < -0.4 is 14.9 Å². The van der Waals surface area contributed by atoms with Crippen molar-refractivity contribution in [2.75, 3.05) is 13.7 Å². The molecule has 1 aliphatic heterocycles. The van der Waals surface area contributed by atoms with Crippen LogP contribution in [0.3, 0.4) is 0 Å². The summed E-state index contributed by atoms with van der Waals surface area (Å²) in [6.07, 6.45) is -4.39. The van der Waals surface area contributed by atoms with Gasteiger partial charge in [-0.1, -0.05) is 24.3 Å². The van der Waals surface area contributed by atoms with Crippen molar-refractivity contribution in [3.8, 4) is 51.6 Å². The fourth-order valence-electron chi connectivity index (χ4n) is 5.66. The molecule has 6 rings (SSSR count). The number of rotatable bonds is 11. The summed E-state index contributed by atoms with van der Waals surface area (Å²) in [5.74, 6) is -4.37. The number of hydrogen-bond acceptors (Lipinski definition) is 16. The summed E-state index contributed by atoms with van der Waals surface area (Å²) in [6, 6.07) is 17.5. The molecule has 5 atom stereocenters. The second-order valence-corrected chi connectivity index (χ2v) is 12.3. The molecule has 0 saturated carbocycles. The zero-order valence-corrected chi connectivity index (χ0v) is 29.2. The molecule has 5 aromatic rings. The van der Waals surface area contributed by atoms with Crippen LogP contribution in [-0.2, 0) is 23.8 Å². The van der Waals surface area contributed by atoms with Gasteiger partial charge in [-0.2, -0.15) is 0 Å². The zero-order valence-electron chi connectivity index (χ0n) is 29.2. The smallest absolute Gasteiger partial charge is 0.331 e. The number of phenols is 5. The molecule has 1 aromatic heterocycles. The molecule has 0 aliphatic carbocycles. The van der Waals surface area contributed by atoms with Gasteiger partial charge in [-0.3, -0.25) is 4.79 Å². The first-order chi connectivity index (χ1) is 26.8. The monoisotopic (exact) mass is 770 g/mol. The Kier molecular flexibility index (Phi) is 11.4. The summed E-state index contributed by atoms with van der Waals surface area (Å²) >= 11 is 0. The van der Waals surface area contributed by atoms with Gasteiger partial charge in [0, 0.05) is 29.8 Å². The first-order valence-corrected chi connectivity index (χ1v) is 16.7. The fraction of sp³-hybridized carbons (Fsp3) is 0.175. The Morgan fingerprint density at radius 3 is 2.00 bits per heavy atom. The lowest BCUT2D eigenvalue weighted by Crippen LogP contribution is -2.61. The van der Waals surface area contributed by atoms with E-state index in [9.17, 15) is 50.1 Å². The minimum Gasteiger partial charge on any atom is -0.508 e. The van der Waals surface area contributed by atoms with Crippen LogP contribution in [0, 0.1) is 0 Å². The number of carbonyl (C=O) groups excluding carboxylic acids is 2. The number of phenolic OH excluding ortho intramolecular Hbond substituents is 5. The second kappa shape index (κ2) is 16.6. The molecule has 1 aliphatic rings. The molecule has 16 nitrogen and oxygen atoms in total. The molecule has 56 heavy (non-hydrogen) atoms. The SMILES string of the molecule is COc1cc(-c2oc3cc(O)cc(O)c3c(=O)c2O[C@@H]2O[C@H](COC(=O)/C=C/c3ccc(O)cc3)[C@@H](O)C(OC(=O)/C=C/c3ccc(O)cc3)C2O)ccc1O. The quantitative estimate of drug-likeness (QED) is 0.0747. The molecule has 290 valence electrons. The number of aliphatic hydroxyl groups excluding tert-OH is 2. The molecule has 7 N–H and O–H groups in total. The largest absolute Gasteiger partial charge is 0.508 e. The first-order valence-electron chi connectivity index (χ1n) is 16.7. The average molecular weight is 771 g/mol. The Bertz CT molecular complexity index is 2350. The fourth-order valence-corrected chi connectivity index (χ4v) is 5.66. The molecular formula is C40H34O16. The lowest BCUT2D eigenvalue weighted by Gasteiger charge is -2.41. The van der Waals surface area contributed by atoms with Gasteiger partial charge in [0.1, 0.15) is 52.8 Å². The van der Waals surface area contributed by atoms with Crippen molar-refractivity contribution in [1.29, 1.82) is 0 Å². The predicted molar refractivity (Wildman–Crippen MR) is 196 cm³/mol. The number of fused-ring (bicyclic) bond motifs is 1. The van der Waals surface area contributed by atoms with Gasteiger partial charge in [-0.15, -0.1) is 0 Å². The average Bonchev–Trinajstić information content (AvgIpc) is 3.17. The molecule has 0 amide bonds. The molecule has 0 spiro atoms. The van der Waals surface area contributed by atoms with Gasteiger partial charge in [-0.05, 0) is 65.7 Å². The number of esters is 2. The van der Waals surface area contributed by atoms with Crippen LogP contribution in [0.2, 0.25) is 0 Å². The van der Waals surface area contributed by atoms with Crippen LogP contribution in [0.25, 0.3) is 34.4 Å². The summed E-state index contributed by atoms with van der Waals surface area (Å²) in [4.78, 5) is 39.7. The van der Waals surface area contributed by atoms with Crippen LogP contribution in [0.5, 0.6) is 40.2 Å². The second-order valence-electron chi connectivity index (χ2n) is 12.3. The van der Waals surface area contributed by atoms with Crippen LogP contribution in [0.4, 0.5) is 0 Å². The Morgan fingerprint density at radius 1 is 0.750 bits per heavy atom. The van der Waals surface area contributed by atoms with E-state index in [-0.39, 0.29) is 39.9 Å². The molecular weight excluding hydrogens is 736 g/mol. The molecule has 2 heterocycles.